The number of hydrogen-bond acceptors (Lipinski definition) is 0. The number of rotatable bonds is 2. The normalized spacial score (nSPS) is 26.7. The first-order valence-electron chi connectivity index (χ1n) is 5.79. The summed E-state index contributed by atoms with van der Waals surface area (Å²) in [7, 11) is 0. The Balaban J connectivity index is 1.97. The van der Waals surface area contributed by atoms with E-state index in [-0.39, 0.29) is 0 Å². The number of aryl methyl sites for hydroxylation is 1. The molecule has 0 aliphatic heterocycles. The molecule has 2 atom stereocenters. The molecule has 0 heteroatoms. The molecule has 0 amide bonds. The summed E-state index contributed by atoms with van der Waals surface area (Å²) in [5.41, 5.74) is 2.93. The van der Waals surface area contributed by atoms with Gasteiger partial charge in [0.2, 0.25) is 0 Å². The fourth-order valence-electron chi connectivity index (χ4n) is 2.68. The van der Waals surface area contributed by atoms with Gasteiger partial charge in [0, 0.05) is 0 Å². The first-order chi connectivity index (χ1) is 6.74. The van der Waals surface area contributed by atoms with E-state index in [0.717, 1.165) is 11.8 Å². The van der Waals surface area contributed by atoms with Crippen LogP contribution in [-0.2, 0) is 6.42 Å². The average molecular weight is 188 g/mol. The van der Waals surface area contributed by atoms with E-state index in [0.29, 0.717) is 0 Å². The van der Waals surface area contributed by atoms with Crippen LogP contribution >= 0.6 is 0 Å². The van der Waals surface area contributed by atoms with Crippen LogP contribution in [0, 0.1) is 18.8 Å². The highest BCUT2D eigenvalue weighted by Gasteiger charge is 2.21. The second kappa shape index (κ2) is 4.16. The molecule has 1 fully saturated rings. The van der Waals surface area contributed by atoms with Gasteiger partial charge in [-0.05, 0) is 43.6 Å². The molecule has 0 bridgehead atoms. The van der Waals surface area contributed by atoms with Gasteiger partial charge in [-0.2, -0.15) is 0 Å². The number of hydrogen-bond donors (Lipinski definition) is 0. The van der Waals surface area contributed by atoms with Crippen molar-refractivity contribution in [1.29, 1.82) is 0 Å². The van der Waals surface area contributed by atoms with E-state index >= 15 is 0 Å². The predicted octanol–water partition coefficient (Wildman–Crippen LogP) is 3.97. The maximum atomic E-state index is 2.39. The topological polar surface area (TPSA) is 0 Å². The van der Waals surface area contributed by atoms with Crippen molar-refractivity contribution in [2.75, 3.05) is 0 Å². The largest absolute Gasteiger partial charge is 0.0625 e. The fourth-order valence-corrected chi connectivity index (χ4v) is 2.68. The Kier molecular flexibility index (Phi) is 2.90. The van der Waals surface area contributed by atoms with Gasteiger partial charge in [-0.1, -0.05) is 43.2 Å². The van der Waals surface area contributed by atoms with Crippen molar-refractivity contribution < 1.29 is 0 Å². The first kappa shape index (κ1) is 9.76. The highest BCUT2D eigenvalue weighted by molar-refractivity contribution is 5.22. The summed E-state index contributed by atoms with van der Waals surface area (Å²) in [5, 5.41) is 0. The molecule has 1 aromatic rings. The van der Waals surface area contributed by atoms with Crippen molar-refractivity contribution in [2.24, 2.45) is 11.8 Å². The summed E-state index contributed by atoms with van der Waals surface area (Å²) >= 11 is 0. The highest BCUT2D eigenvalue weighted by Crippen LogP contribution is 2.32. The van der Waals surface area contributed by atoms with E-state index in [1.54, 1.807) is 0 Å². The van der Waals surface area contributed by atoms with Gasteiger partial charge in [0.25, 0.3) is 0 Å². The Morgan fingerprint density at radius 1 is 1.29 bits per heavy atom. The summed E-state index contributed by atoms with van der Waals surface area (Å²) < 4.78 is 0. The van der Waals surface area contributed by atoms with Crippen LogP contribution in [0.25, 0.3) is 0 Å². The van der Waals surface area contributed by atoms with Gasteiger partial charge in [-0.15, -0.1) is 0 Å². The molecule has 2 rings (SSSR count). The third kappa shape index (κ3) is 2.37. The molecule has 2 unspecified atom stereocenters. The zero-order valence-electron chi connectivity index (χ0n) is 9.29. The molecular weight excluding hydrogens is 168 g/mol. The van der Waals surface area contributed by atoms with Crippen LogP contribution in [0.4, 0.5) is 0 Å². The molecule has 0 heterocycles. The predicted molar refractivity (Wildman–Crippen MR) is 61.4 cm³/mol. The minimum atomic E-state index is 0.951. The van der Waals surface area contributed by atoms with Gasteiger partial charge < -0.3 is 0 Å². The lowest BCUT2D eigenvalue weighted by Gasteiger charge is -2.09. The standard InChI is InChI=1S/C14H20/c1-11-4-3-5-13(8-11)10-14-7-6-12(2)9-14/h3-5,8,12,14H,6-7,9-10H2,1-2H3. The van der Waals surface area contributed by atoms with E-state index in [9.17, 15) is 0 Å². The van der Waals surface area contributed by atoms with Crippen LogP contribution in [0.3, 0.4) is 0 Å². The molecule has 76 valence electrons. The molecule has 1 aliphatic rings. The quantitative estimate of drug-likeness (QED) is 0.658. The average Bonchev–Trinajstić information content (AvgIpc) is 2.51. The van der Waals surface area contributed by atoms with Crippen LogP contribution < -0.4 is 0 Å². The highest BCUT2D eigenvalue weighted by atomic mass is 14.3. The molecule has 14 heavy (non-hydrogen) atoms. The lowest BCUT2D eigenvalue weighted by molar-refractivity contribution is 0.513. The van der Waals surface area contributed by atoms with Gasteiger partial charge in [0.15, 0.2) is 0 Å². The summed E-state index contributed by atoms with van der Waals surface area (Å²) in [6.45, 7) is 4.57. The van der Waals surface area contributed by atoms with Gasteiger partial charge in [0.05, 0.1) is 0 Å². The molecule has 1 aliphatic carbocycles. The van der Waals surface area contributed by atoms with Gasteiger partial charge >= 0.3 is 0 Å². The Labute approximate surface area is 87.3 Å². The van der Waals surface area contributed by atoms with Gasteiger partial charge in [-0.25, -0.2) is 0 Å². The lowest BCUT2D eigenvalue weighted by atomic mass is 9.96. The SMILES string of the molecule is Cc1cccc(CC2CCC(C)C2)c1. The third-order valence-electron chi connectivity index (χ3n) is 3.41. The van der Waals surface area contributed by atoms with Crippen molar-refractivity contribution >= 4 is 0 Å². The Bertz CT molecular complexity index is 301. The minimum Gasteiger partial charge on any atom is -0.0625 e. The maximum Gasteiger partial charge on any atom is -0.0250 e. The molecule has 0 saturated heterocycles. The second-order valence-electron chi connectivity index (χ2n) is 4.98. The first-order valence-corrected chi connectivity index (χ1v) is 5.79. The zero-order valence-corrected chi connectivity index (χ0v) is 9.29. The van der Waals surface area contributed by atoms with Crippen molar-refractivity contribution in [3.8, 4) is 0 Å². The van der Waals surface area contributed by atoms with E-state index in [2.05, 4.69) is 38.1 Å². The van der Waals surface area contributed by atoms with Crippen LogP contribution in [-0.4, -0.2) is 0 Å². The van der Waals surface area contributed by atoms with Crippen molar-refractivity contribution in [1.82, 2.24) is 0 Å². The Hall–Kier alpha value is -0.780. The fraction of sp³-hybridized carbons (Fsp3) is 0.571. The third-order valence-corrected chi connectivity index (χ3v) is 3.41. The van der Waals surface area contributed by atoms with Crippen molar-refractivity contribution in [2.45, 2.75) is 39.5 Å². The van der Waals surface area contributed by atoms with E-state index in [1.165, 1.54) is 36.8 Å². The van der Waals surface area contributed by atoms with Crippen LogP contribution in [0.2, 0.25) is 0 Å². The Morgan fingerprint density at radius 3 is 2.79 bits per heavy atom. The maximum absolute atomic E-state index is 2.39. The molecular formula is C14H20. The molecule has 1 aromatic carbocycles. The molecule has 0 aromatic heterocycles. The second-order valence-corrected chi connectivity index (χ2v) is 4.98. The van der Waals surface area contributed by atoms with Crippen LogP contribution in [0.5, 0.6) is 0 Å². The summed E-state index contributed by atoms with van der Waals surface area (Å²) in [6.07, 6.45) is 5.62. The molecule has 0 spiro atoms. The van der Waals surface area contributed by atoms with Crippen LogP contribution in [0.1, 0.15) is 37.3 Å². The lowest BCUT2D eigenvalue weighted by Crippen LogP contribution is -1.99. The number of benzene rings is 1. The minimum absolute atomic E-state index is 0.951. The monoisotopic (exact) mass is 188 g/mol. The Morgan fingerprint density at radius 2 is 2.14 bits per heavy atom. The molecule has 0 nitrogen and oxygen atoms in total. The molecule has 0 radical (unpaired) electrons. The molecule has 1 saturated carbocycles. The zero-order chi connectivity index (χ0) is 9.97. The van der Waals surface area contributed by atoms with Gasteiger partial charge in [-0.3, -0.25) is 0 Å². The van der Waals surface area contributed by atoms with Crippen LogP contribution in [0.15, 0.2) is 24.3 Å². The molecule has 0 N–H and O–H groups in total. The summed E-state index contributed by atoms with van der Waals surface area (Å²) in [6, 6.07) is 8.97. The van der Waals surface area contributed by atoms with Crippen molar-refractivity contribution in [3.05, 3.63) is 35.4 Å². The van der Waals surface area contributed by atoms with E-state index in [1.807, 2.05) is 0 Å². The summed E-state index contributed by atoms with van der Waals surface area (Å²) in [4.78, 5) is 0. The van der Waals surface area contributed by atoms with Gasteiger partial charge in [0.1, 0.15) is 0 Å². The summed E-state index contributed by atoms with van der Waals surface area (Å²) in [5.74, 6) is 1.91. The van der Waals surface area contributed by atoms with E-state index in [4.69, 9.17) is 0 Å². The van der Waals surface area contributed by atoms with Crippen molar-refractivity contribution in [3.63, 3.8) is 0 Å². The van der Waals surface area contributed by atoms with E-state index < -0.39 is 0 Å². The smallest absolute Gasteiger partial charge is 0.0250 e.